The maximum atomic E-state index is 12.0. The third kappa shape index (κ3) is 3.93. The first-order valence-electron chi connectivity index (χ1n) is 9.48. The van der Waals surface area contributed by atoms with E-state index < -0.39 is 17.5 Å². The smallest absolute Gasteiger partial charge is 0.414 e. The Balaban J connectivity index is 1.26. The SMILES string of the molecule is O=C(Nc1ocnc1C#Cc1nc2nc(C3(C(=O)O)CC3)sc2s1)OCc1ccccc1. The molecule has 3 aromatic heterocycles. The first kappa shape index (κ1) is 20.2. The Labute approximate surface area is 189 Å². The number of thiazole rings is 2. The van der Waals surface area contributed by atoms with E-state index in [9.17, 15) is 14.7 Å². The lowest BCUT2D eigenvalue weighted by Gasteiger charge is -2.04. The summed E-state index contributed by atoms with van der Waals surface area (Å²) in [6.07, 6.45) is 1.69. The molecule has 11 heteroatoms. The van der Waals surface area contributed by atoms with Crippen LogP contribution in [0.5, 0.6) is 0 Å². The molecular weight excluding hydrogens is 452 g/mol. The molecule has 1 fully saturated rings. The van der Waals surface area contributed by atoms with E-state index in [0.717, 1.165) is 9.58 Å². The summed E-state index contributed by atoms with van der Waals surface area (Å²) in [4.78, 5) is 36.3. The van der Waals surface area contributed by atoms with Gasteiger partial charge in [0.25, 0.3) is 0 Å². The number of carbonyl (C=O) groups is 2. The summed E-state index contributed by atoms with van der Waals surface area (Å²) < 4.78 is 11.2. The molecule has 32 heavy (non-hydrogen) atoms. The van der Waals surface area contributed by atoms with Gasteiger partial charge in [0, 0.05) is 0 Å². The van der Waals surface area contributed by atoms with E-state index in [2.05, 4.69) is 32.1 Å². The van der Waals surface area contributed by atoms with E-state index >= 15 is 0 Å². The second-order valence-corrected chi connectivity index (χ2v) is 9.26. The van der Waals surface area contributed by atoms with E-state index in [4.69, 9.17) is 9.15 Å². The minimum absolute atomic E-state index is 0.0754. The highest BCUT2D eigenvalue weighted by Crippen LogP contribution is 2.51. The monoisotopic (exact) mass is 466 g/mol. The molecule has 2 N–H and O–H groups in total. The van der Waals surface area contributed by atoms with Crippen molar-refractivity contribution in [2.45, 2.75) is 24.9 Å². The average Bonchev–Trinajstić information content (AvgIpc) is 3.11. The molecule has 1 saturated carbocycles. The van der Waals surface area contributed by atoms with E-state index in [1.54, 1.807) is 0 Å². The zero-order valence-corrected chi connectivity index (χ0v) is 18.0. The highest BCUT2D eigenvalue weighted by Gasteiger charge is 2.54. The number of hydrogen-bond donors (Lipinski definition) is 2. The number of rotatable bonds is 5. The van der Waals surface area contributed by atoms with Crippen LogP contribution in [-0.4, -0.2) is 32.1 Å². The number of oxazole rings is 1. The minimum atomic E-state index is -0.840. The lowest BCUT2D eigenvalue weighted by atomic mass is 10.1. The molecule has 0 spiro atoms. The molecule has 0 aliphatic heterocycles. The van der Waals surface area contributed by atoms with Crippen LogP contribution in [0.2, 0.25) is 0 Å². The van der Waals surface area contributed by atoms with Gasteiger partial charge in [0.05, 0.1) is 0 Å². The molecular formula is C21H14N4O5S2. The minimum Gasteiger partial charge on any atom is -0.481 e. The molecule has 1 aromatic carbocycles. The van der Waals surface area contributed by atoms with Crippen LogP contribution in [0.3, 0.4) is 0 Å². The third-order valence-corrected chi connectivity index (χ3v) is 7.13. The van der Waals surface area contributed by atoms with Crippen molar-refractivity contribution in [3.63, 3.8) is 0 Å². The number of benzene rings is 1. The van der Waals surface area contributed by atoms with Crippen molar-refractivity contribution in [3.8, 4) is 11.8 Å². The van der Waals surface area contributed by atoms with Crippen molar-refractivity contribution in [3.05, 3.63) is 58.0 Å². The highest BCUT2D eigenvalue weighted by molar-refractivity contribution is 7.38. The predicted molar refractivity (Wildman–Crippen MR) is 117 cm³/mol. The number of aliphatic carboxylic acids is 1. The number of nitrogens with zero attached hydrogens (tertiary/aromatic N) is 3. The maximum absolute atomic E-state index is 12.0. The number of carboxylic acids is 1. The third-order valence-electron chi connectivity index (χ3n) is 4.83. The number of hydrogen-bond acceptors (Lipinski definition) is 9. The Morgan fingerprint density at radius 1 is 1.19 bits per heavy atom. The number of fused-ring (bicyclic) bond motifs is 1. The Morgan fingerprint density at radius 2 is 2.00 bits per heavy atom. The fourth-order valence-corrected chi connectivity index (χ4v) is 5.14. The number of anilines is 1. The Kier molecular flexibility index (Phi) is 5.08. The molecule has 0 unspecified atom stereocenters. The number of amides is 1. The van der Waals surface area contributed by atoms with Gasteiger partial charge >= 0.3 is 12.1 Å². The first-order chi connectivity index (χ1) is 15.5. The lowest BCUT2D eigenvalue weighted by Crippen LogP contribution is -2.18. The van der Waals surface area contributed by atoms with Gasteiger partial charge in [-0.2, -0.15) is 0 Å². The van der Waals surface area contributed by atoms with Crippen molar-refractivity contribution in [2.75, 3.05) is 5.32 Å². The zero-order chi connectivity index (χ0) is 22.1. The van der Waals surface area contributed by atoms with Gasteiger partial charge < -0.3 is 14.3 Å². The highest BCUT2D eigenvalue weighted by atomic mass is 32.2. The van der Waals surface area contributed by atoms with E-state index in [0.29, 0.717) is 28.5 Å². The summed E-state index contributed by atoms with van der Waals surface area (Å²) in [5.74, 6) is 4.94. The average molecular weight is 467 g/mol. The van der Waals surface area contributed by atoms with Crippen molar-refractivity contribution >= 4 is 50.3 Å². The van der Waals surface area contributed by atoms with Gasteiger partial charge in [0.15, 0.2) is 22.7 Å². The maximum Gasteiger partial charge on any atom is 0.414 e. The van der Waals surface area contributed by atoms with Crippen LogP contribution in [0, 0.1) is 11.8 Å². The second kappa shape index (κ2) is 8.07. The van der Waals surface area contributed by atoms with E-state index in [1.807, 2.05) is 30.3 Å². The quantitative estimate of drug-likeness (QED) is 0.423. The molecule has 0 radical (unpaired) electrons. The summed E-state index contributed by atoms with van der Waals surface area (Å²) in [5.41, 5.74) is 0.746. The van der Waals surface area contributed by atoms with Crippen molar-refractivity contribution in [2.24, 2.45) is 0 Å². The summed E-state index contributed by atoms with van der Waals surface area (Å²) in [6.45, 7) is 0.121. The van der Waals surface area contributed by atoms with Gasteiger partial charge in [-0.3, -0.25) is 10.1 Å². The lowest BCUT2D eigenvalue weighted by molar-refractivity contribution is -0.140. The molecule has 0 atom stereocenters. The van der Waals surface area contributed by atoms with Gasteiger partial charge in [0.1, 0.15) is 21.0 Å². The molecule has 1 amide bonds. The molecule has 1 aliphatic carbocycles. The topological polar surface area (TPSA) is 127 Å². The van der Waals surface area contributed by atoms with Crippen molar-refractivity contribution in [1.29, 1.82) is 0 Å². The van der Waals surface area contributed by atoms with E-state index in [1.165, 1.54) is 29.1 Å². The largest absolute Gasteiger partial charge is 0.481 e. The molecule has 3 heterocycles. The van der Waals surface area contributed by atoms with Crippen LogP contribution >= 0.6 is 22.7 Å². The number of nitrogens with one attached hydrogen (secondary N) is 1. The van der Waals surface area contributed by atoms with Gasteiger partial charge in [-0.1, -0.05) is 41.7 Å². The molecule has 9 nitrogen and oxygen atoms in total. The molecule has 0 saturated heterocycles. The zero-order valence-electron chi connectivity index (χ0n) is 16.3. The Morgan fingerprint density at radius 3 is 2.72 bits per heavy atom. The number of carboxylic acid groups (broad SMARTS) is 1. The normalized spacial score (nSPS) is 13.9. The Hall–Kier alpha value is -3.75. The van der Waals surface area contributed by atoms with E-state index in [-0.39, 0.29) is 18.2 Å². The van der Waals surface area contributed by atoms with Gasteiger partial charge in [-0.05, 0) is 30.2 Å². The summed E-state index contributed by atoms with van der Waals surface area (Å²) in [7, 11) is 0. The number of carbonyl (C=O) groups excluding carboxylic acids is 1. The Bertz CT molecular complexity index is 1340. The van der Waals surface area contributed by atoms with Crippen molar-refractivity contribution in [1.82, 2.24) is 15.0 Å². The molecule has 4 aromatic rings. The van der Waals surface area contributed by atoms with Crippen LogP contribution in [0.25, 0.3) is 9.66 Å². The van der Waals surface area contributed by atoms with Gasteiger partial charge in [0.2, 0.25) is 5.88 Å². The fraction of sp³-hybridized carbons (Fsp3) is 0.190. The van der Waals surface area contributed by atoms with Gasteiger partial charge in [-0.15, -0.1) is 11.3 Å². The summed E-state index contributed by atoms with van der Waals surface area (Å²) in [6, 6.07) is 9.29. The second-order valence-electron chi connectivity index (χ2n) is 7.00. The first-order valence-corrected chi connectivity index (χ1v) is 11.1. The molecule has 5 rings (SSSR count). The standard InChI is InChI=1S/C21H14N4O5S2/c26-19(27)21(8-9-21)18-24-15-17(32-18)31-14(23-15)7-6-13-16(30-11-22-13)25-20(28)29-10-12-4-2-1-3-5-12/h1-5,11H,8-10H2,(H,25,28)(H,26,27). The van der Waals surface area contributed by atoms with Crippen LogP contribution in [0.15, 0.2) is 41.1 Å². The van der Waals surface area contributed by atoms with Crippen LogP contribution in [-0.2, 0) is 21.6 Å². The number of ether oxygens (including phenoxy) is 1. The van der Waals surface area contributed by atoms with Crippen LogP contribution in [0.1, 0.15) is 34.1 Å². The summed E-state index contributed by atoms with van der Waals surface area (Å²) in [5, 5.41) is 13.0. The summed E-state index contributed by atoms with van der Waals surface area (Å²) >= 11 is 2.67. The van der Waals surface area contributed by atoms with Crippen molar-refractivity contribution < 1.29 is 23.8 Å². The fourth-order valence-electron chi connectivity index (χ4n) is 2.93. The molecule has 0 bridgehead atoms. The van der Waals surface area contributed by atoms with Crippen LogP contribution < -0.4 is 5.32 Å². The predicted octanol–water partition coefficient (Wildman–Crippen LogP) is 4.01. The number of aromatic nitrogens is 3. The molecule has 1 aliphatic rings. The molecule has 160 valence electrons. The van der Waals surface area contributed by atoms with Gasteiger partial charge in [-0.25, -0.2) is 19.7 Å². The van der Waals surface area contributed by atoms with Crippen LogP contribution in [0.4, 0.5) is 10.7 Å².